The number of nitrogen functional groups attached to an aromatic ring is 1. The van der Waals surface area contributed by atoms with Crippen molar-refractivity contribution in [1.29, 1.82) is 0 Å². The Morgan fingerprint density at radius 2 is 2.18 bits per heavy atom. The van der Waals surface area contributed by atoms with E-state index in [1.54, 1.807) is 0 Å². The van der Waals surface area contributed by atoms with E-state index in [1.165, 1.54) is 18.3 Å². The first-order valence-electron chi connectivity index (χ1n) is 4.93. The number of hydrogen-bond acceptors (Lipinski definition) is 7. The van der Waals surface area contributed by atoms with Gasteiger partial charge in [-0.15, -0.1) is 0 Å². The van der Waals surface area contributed by atoms with Crippen molar-refractivity contribution < 1.29 is 0 Å². The van der Waals surface area contributed by atoms with Gasteiger partial charge in [0.25, 0.3) is 0 Å². The van der Waals surface area contributed by atoms with Gasteiger partial charge in [0.2, 0.25) is 11.9 Å². The Labute approximate surface area is 103 Å². The average Bonchev–Trinajstić information content (AvgIpc) is 2.30. The number of rotatable bonds is 4. The van der Waals surface area contributed by atoms with Gasteiger partial charge in [0.15, 0.2) is 0 Å². The number of nitrogens with zero attached hydrogens (tertiary/aromatic N) is 3. The molecule has 2 rings (SSSR count). The van der Waals surface area contributed by atoms with Gasteiger partial charge in [-0.1, -0.05) is 6.07 Å². The summed E-state index contributed by atoms with van der Waals surface area (Å²) in [5.41, 5.74) is 6.37. The van der Waals surface area contributed by atoms with E-state index in [9.17, 15) is 0 Å². The molecule has 0 radical (unpaired) electrons. The van der Waals surface area contributed by atoms with E-state index >= 15 is 0 Å². The molecule has 17 heavy (non-hydrogen) atoms. The van der Waals surface area contributed by atoms with E-state index in [0.717, 1.165) is 10.6 Å². The molecule has 7 heteroatoms. The van der Waals surface area contributed by atoms with Crippen molar-refractivity contribution in [2.45, 2.75) is 4.90 Å². The molecule has 0 fully saturated rings. The lowest BCUT2D eigenvalue weighted by Crippen LogP contribution is -2.02. The van der Waals surface area contributed by atoms with Crippen molar-refractivity contribution >= 4 is 29.5 Å². The normalized spacial score (nSPS) is 10.2. The highest BCUT2D eigenvalue weighted by Gasteiger charge is 2.00. The lowest BCUT2D eigenvalue weighted by Gasteiger charge is -2.06. The fourth-order valence-electron chi connectivity index (χ4n) is 1.25. The van der Waals surface area contributed by atoms with Crippen molar-refractivity contribution in [1.82, 2.24) is 19.7 Å². The highest BCUT2D eigenvalue weighted by atomic mass is 32.2. The number of nitrogens with one attached hydrogen (secondary N) is 2. The Morgan fingerprint density at radius 1 is 1.29 bits per heavy atom. The molecule has 1 aromatic heterocycles. The van der Waals surface area contributed by atoms with Crippen molar-refractivity contribution in [3.8, 4) is 0 Å². The molecule has 0 amide bonds. The summed E-state index contributed by atoms with van der Waals surface area (Å²) in [6, 6.07) is 7.88. The highest BCUT2D eigenvalue weighted by molar-refractivity contribution is 7.97. The molecule has 0 aliphatic heterocycles. The zero-order valence-electron chi connectivity index (χ0n) is 9.21. The Bertz CT molecular complexity index is 504. The van der Waals surface area contributed by atoms with Crippen LogP contribution in [0.2, 0.25) is 0 Å². The molecule has 88 valence electrons. The second-order valence-electron chi connectivity index (χ2n) is 3.13. The second-order valence-corrected chi connectivity index (χ2v) is 4.21. The Morgan fingerprint density at radius 3 is 2.94 bits per heavy atom. The summed E-state index contributed by atoms with van der Waals surface area (Å²) in [4.78, 5) is 12.8. The third-order valence-electron chi connectivity index (χ3n) is 1.90. The minimum absolute atomic E-state index is 0.197. The zero-order chi connectivity index (χ0) is 12.1. The molecule has 0 spiro atoms. The lowest BCUT2D eigenvalue weighted by molar-refractivity contribution is 1.07. The van der Waals surface area contributed by atoms with Crippen LogP contribution in [0.15, 0.2) is 35.5 Å². The molecule has 0 saturated heterocycles. The Hall–Kier alpha value is -1.86. The van der Waals surface area contributed by atoms with Crippen molar-refractivity contribution in [3.05, 3.63) is 30.6 Å². The molecule has 0 unspecified atom stereocenters. The fraction of sp³-hybridized carbons (Fsp3) is 0.100. The molecule has 0 atom stereocenters. The maximum atomic E-state index is 5.47. The van der Waals surface area contributed by atoms with Gasteiger partial charge in [-0.05, 0) is 37.2 Å². The number of aromatic nitrogens is 3. The van der Waals surface area contributed by atoms with E-state index in [2.05, 4.69) is 25.0 Å². The molecule has 0 aliphatic rings. The minimum Gasteiger partial charge on any atom is -0.368 e. The first-order chi connectivity index (χ1) is 8.28. The second kappa shape index (κ2) is 5.46. The van der Waals surface area contributed by atoms with E-state index < -0.39 is 0 Å². The summed E-state index contributed by atoms with van der Waals surface area (Å²) in [6.45, 7) is 0. The standard InChI is InChI=1S/C10H12N6S/c1-12-17-8-4-2-3-7(5-8)15-10-14-6-13-9(11)16-10/h2-6,12H,1H3,(H3,11,13,14,15,16). The third-order valence-corrected chi connectivity index (χ3v) is 2.59. The molecule has 4 N–H and O–H groups in total. The van der Waals surface area contributed by atoms with Crippen LogP contribution in [-0.4, -0.2) is 22.0 Å². The maximum Gasteiger partial charge on any atom is 0.231 e. The quantitative estimate of drug-likeness (QED) is 0.705. The number of anilines is 3. The molecular weight excluding hydrogens is 236 g/mol. The highest BCUT2D eigenvalue weighted by Crippen LogP contribution is 2.20. The van der Waals surface area contributed by atoms with Gasteiger partial charge in [-0.25, -0.2) is 9.97 Å². The largest absolute Gasteiger partial charge is 0.368 e. The van der Waals surface area contributed by atoms with Crippen molar-refractivity contribution in [3.63, 3.8) is 0 Å². The number of hydrogen-bond donors (Lipinski definition) is 3. The smallest absolute Gasteiger partial charge is 0.231 e. The van der Waals surface area contributed by atoms with Gasteiger partial charge < -0.3 is 11.1 Å². The predicted molar refractivity (Wildman–Crippen MR) is 68.9 cm³/mol. The monoisotopic (exact) mass is 248 g/mol. The molecule has 0 aliphatic carbocycles. The van der Waals surface area contributed by atoms with E-state index in [-0.39, 0.29) is 5.95 Å². The van der Waals surface area contributed by atoms with Crippen LogP contribution < -0.4 is 15.8 Å². The van der Waals surface area contributed by atoms with E-state index in [4.69, 9.17) is 5.73 Å². The molecule has 1 aromatic carbocycles. The third kappa shape index (κ3) is 3.30. The topological polar surface area (TPSA) is 88.8 Å². The van der Waals surface area contributed by atoms with Crippen LogP contribution in [0.5, 0.6) is 0 Å². The predicted octanol–water partition coefficient (Wildman–Crippen LogP) is 1.42. The average molecular weight is 248 g/mol. The zero-order valence-corrected chi connectivity index (χ0v) is 10.0. The van der Waals surface area contributed by atoms with Crippen LogP contribution in [0.1, 0.15) is 0 Å². The summed E-state index contributed by atoms with van der Waals surface area (Å²) < 4.78 is 3.01. The SMILES string of the molecule is CNSc1cccc(Nc2ncnc(N)n2)c1. The van der Waals surface area contributed by atoms with Gasteiger partial charge in [-0.3, -0.25) is 4.72 Å². The molecule has 0 bridgehead atoms. The maximum absolute atomic E-state index is 5.47. The lowest BCUT2D eigenvalue weighted by atomic mass is 10.3. The van der Waals surface area contributed by atoms with Gasteiger partial charge in [0.1, 0.15) is 6.33 Å². The first-order valence-corrected chi connectivity index (χ1v) is 5.75. The number of nitrogens with two attached hydrogens (primary N) is 1. The van der Waals surface area contributed by atoms with Crippen molar-refractivity contribution in [2.24, 2.45) is 0 Å². The van der Waals surface area contributed by atoms with Gasteiger partial charge in [0, 0.05) is 10.6 Å². The van der Waals surface area contributed by atoms with E-state index in [0.29, 0.717) is 5.95 Å². The molecule has 2 aromatic rings. The first kappa shape index (κ1) is 11.6. The van der Waals surface area contributed by atoms with Crippen LogP contribution in [0.4, 0.5) is 17.6 Å². The van der Waals surface area contributed by atoms with Crippen LogP contribution >= 0.6 is 11.9 Å². The molecular formula is C10H12N6S. The Kier molecular flexibility index (Phi) is 3.73. The van der Waals surface area contributed by atoms with Gasteiger partial charge in [-0.2, -0.15) is 4.98 Å². The van der Waals surface area contributed by atoms with Crippen LogP contribution in [0.25, 0.3) is 0 Å². The Balaban J connectivity index is 2.15. The molecule has 0 saturated carbocycles. The van der Waals surface area contributed by atoms with Crippen molar-refractivity contribution in [2.75, 3.05) is 18.1 Å². The summed E-state index contributed by atoms with van der Waals surface area (Å²) in [7, 11) is 1.87. The van der Waals surface area contributed by atoms with Gasteiger partial charge >= 0.3 is 0 Å². The summed E-state index contributed by atoms with van der Waals surface area (Å²) in [5, 5.41) is 3.06. The molecule has 6 nitrogen and oxygen atoms in total. The minimum atomic E-state index is 0.197. The summed E-state index contributed by atoms with van der Waals surface area (Å²) in [6.07, 6.45) is 1.37. The van der Waals surface area contributed by atoms with Crippen LogP contribution in [-0.2, 0) is 0 Å². The summed E-state index contributed by atoms with van der Waals surface area (Å²) >= 11 is 1.54. The summed E-state index contributed by atoms with van der Waals surface area (Å²) in [5.74, 6) is 0.632. The fourth-order valence-corrected chi connectivity index (χ4v) is 1.82. The molecule has 1 heterocycles. The van der Waals surface area contributed by atoms with Crippen LogP contribution in [0.3, 0.4) is 0 Å². The van der Waals surface area contributed by atoms with Crippen LogP contribution in [0, 0.1) is 0 Å². The van der Waals surface area contributed by atoms with Gasteiger partial charge in [0.05, 0.1) is 0 Å². The van der Waals surface area contributed by atoms with E-state index in [1.807, 2.05) is 31.3 Å². The number of benzene rings is 1.